The molecule has 2 rings (SSSR count). The van der Waals surface area contributed by atoms with Crippen molar-refractivity contribution in [3.05, 3.63) is 0 Å². The molecule has 0 aromatic heterocycles. The molecule has 0 amide bonds. The van der Waals surface area contributed by atoms with Crippen molar-refractivity contribution >= 4 is 0 Å². The monoisotopic (exact) mass is 169 g/mol. The fourth-order valence-electron chi connectivity index (χ4n) is 2.80. The Bertz CT molecular complexity index is 169. The first-order valence-electron chi connectivity index (χ1n) is 5.11. The molecule has 0 aromatic rings. The van der Waals surface area contributed by atoms with Crippen LogP contribution in [0.3, 0.4) is 0 Å². The Morgan fingerprint density at radius 3 is 2.75 bits per heavy atom. The normalized spacial score (nSPS) is 42.5. The Balaban J connectivity index is 2.10. The van der Waals surface area contributed by atoms with E-state index >= 15 is 0 Å². The molecule has 3 atom stereocenters. The van der Waals surface area contributed by atoms with Crippen LogP contribution in [-0.4, -0.2) is 29.3 Å². The SMILES string of the molecule is CC(C)N1C2CCC(C2)OC1C. The van der Waals surface area contributed by atoms with Crippen LogP contribution in [-0.2, 0) is 4.74 Å². The molecule has 2 aliphatic rings. The fraction of sp³-hybridized carbons (Fsp3) is 1.00. The zero-order chi connectivity index (χ0) is 8.72. The van der Waals surface area contributed by atoms with Crippen molar-refractivity contribution in [1.29, 1.82) is 0 Å². The quantitative estimate of drug-likeness (QED) is 0.595. The molecule has 0 radical (unpaired) electrons. The fourth-order valence-corrected chi connectivity index (χ4v) is 2.80. The highest BCUT2D eigenvalue weighted by molar-refractivity contribution is 4.90. The van der Waals surface area contributed by atoms with Crippen LogP contribution < -0.4 is 0 Å². The summed E-state index contributed by atoms with van der Waals surface area (Å²) >= 11 is 0. The third-order valence-corrected chi connectivity index (χ3v) is 3.18. The predicted octanol–water partition coefficient (Wildman–Crippen LogP) is 1.99. The van der Waals surface area contributed by atoms with Crippen LogP contribution in [0.25, 0.3) is 0 Å². The standard InChI is InChI=1S/C10H19NO/c1-7(2)11-8(3)12-10-5-4-9(11)6-10/h7-10H,4-6H2,1-3H3. The van der Waals surface area contributed by atoms with Crippen LogP contribution in [0.2, 0.25) is 0 Å². The van der Waals surface area contributed by atoms with Gasteiger partial charge in [0.1, 0.15) is 6.23 Å². The van der Waals surface area contributed by atoms with E-state index in [-0.39, 0.29) is 0 Å². The van der Waals surface area contributed by atoms with Gasteiger partial charge in [-0.1, -0.05) is 0 Å². The van der Waals surface area contributed by atoms with Crippen LogP contribution in [0.5, 0.6) is 0 Å². The lowest BCUT2D eigenvalue weighted by Gasteiger charge is -2.41. The van der Waals surface area contributed by atoms with Gasteiger partial charge in [-0.25, -0.2) is 0 Å². The molecule has 1 aliphatic carbocycles. The molecule has 3 unspecified atom stereocenters. The largest absolute Gasteiger partial charge is 0.360 e. The smallest absolute Gasteiger partial charge is 0.108 e. The molecule has 1 saturated carbocycles. The Morgan fingerprint density at radius 2 is 2.08 bits per heavy atom. The van der Waals surface area contributed by atoms with Gasteiger partial charge in [-0.05, 0) is 40.0 Å². The second-order valence-corrected chi connectivity index (χ2v) is 4.37. The van der Waals surface area contributed by atoms with E-state index in [0.717, 1.165) is 6.04 Å². The molecule has 12 heavy (non-hydrogen) atoms. The predicted molar refractivity (Wildman–Crippen MR) is 48.9 cm³/mol. The van der Waals surface area contributed by atoms with E-state index in [1.807, 2.05) is 0 Å². The van der Waals surface area contributed by atoms with Gasteiger partial charge in [-0.15, -0.1) is 0 Å². The summed E-state index contributed by atoms with van der Waals surface area (Å²) in [7, 11) is 0. The van der Waals surface area contributed by atoms with Crippen molar-refractivity contribution in [2.45, 2.75) is 64.4 Å². The van der Waals surface area contributed by atoms with E-state index < -0.39 is 0 Å². The van der Waals surface area contributed by atoms with E-state index in [1.54, 1.807) is 0 Å². The Labute approximate surface area is 74.9 Å². The van der Waals surface area contributed by atoms with Crippen molar-refractivity contribution in [3.8, 4) is 0 Å². The Morgan fingerprint density at radius 1 is 1.33 bits per heavy atom. The van der Waals surface area contributed by atoms with E-state index in [9.17, 15) is 0 Å². The van der Waals surface area contributed by atoms with Crippen LogP contribution in [0.1, 0.15) is 40.0 Å². The van der Waals surface area contributed by atoms with E-state index in [2.05, 4.69) is 25.7 Å². The average molecular weight is 169 g/mol. The van der Waals surface area contributed by atoms with Crippen molar-refractivity contribution in [2.75, 3.05) is 0 Å². The van der Waals surface area contributed by atoms with Crippen molar-refractivity contribution in [3.63, 3.8) is 0 Å². The van der Waals surface area contributed by atoms with Crippen LogP contribution >= 0.6 is 0 Å². The third-order valence-electron chi connectivity index (χ3n) is 3.18. The van der Waals surface area contributed by atoms with Crippen molar-refractivity contribution in [1.82, 2.24) is 4.90 Å². The highest BCUT2D eigenvalue weighted by atomic mass is 16.5. The summed E-state index contributed by atoms with van der Waals surface area (Å²) in [6.45, 7) is 6.71. The summed E-state index contributed by atoms with van der Waals surface area (Å²) in [6, 6.07) is 1.43. The van der Waals surface area contributed by atoms with Gasteiger partial charge >= 0.3 is 0 Å². The lowest BCUT2D eigenvalue weighted by molar-refractivity contribution is -0.140. The maximum Gasteiger partial charge on any atom is 0.108 e. The number of ether oxygens (including phenoxy) is 1. The molecule has 1 aliphatic heterocycles. The number of nitrogens with zero attached hydrogens (tertiary/aromatic N) is 1. The lowest BCUT2D eigenvalue weighted by atomic mass is 10.1. The maximum absolute atomic E-state index is 5.88. The summed E-state index contributed by atoms with van der Waals surface area (Å²) in [5.74, 6) is 0. The average Bonchev–Trinajstić information content (AvgIpc) is 2.31. The van der Waals surface area contributed by atoms with Gasteiger partial charge in [0.25, 0.3) is 0 Å². The van der Waals surface area contributed by atoms with Crippen LogP contribution in [0, 0.1) is 0 Å². The lowest BCUT2D eigenvalue weighted by Crippen LogP contribution is -2.50. The third kappa shape index (κ3) is 1.27. The van der Waals surface area contributed by atoms with Gasteiger partial charge in [-0.2, -0.15) is 0 Å². The van der Waals surface area contributed by atoms with E-state index in [0.29, 0.717) is 18.4 Å². The molecule has 1 saturated heterocycles. The number of fused-ring (bicyclic) bond motifs is 2. The van der Waals surface area contributed by atoms with Crippen molar-refractivity contribution < 1.29 is 4.74 Å². The summed E-state index contributed by atoms with van der Waals surface area (Å²) < 4.78 is 5.88. The molecular weight excluding hydrogens is 150 g/mol. The highest BCUT2D eigenvalue weighted by Crippen LogP contribution is 2.35. The summed E-state index contributed by atoms with van der Waals surface area (Å²) in [5, 5.41) is 0. The molecular formula is C10H19NO. The van der Waals surface area contributed by atoms with Gasteiger partial charge in [0.2, 0.25) is 0 Å². The van der Waals surface area contributed by atoms with Gasteiger partial charge in [0.05, 0.1) is 6.10 Å². The molecule has 0 N–H and O–H groups in total. The minimum absolute atomic E-state index is 0.344. The Kier molecular flexibility index (Phi) is 2.13. The topological polar surface area (TPSA) is 12.5 Å². The number of hydrogen-bond acceptors (Lipinski definition) is 2. The molecule has 1 heterocycles. The summed E-state index contributed by atoms with van der Waals surface area (Å²) in [5.41, 5.74) is 0. The minimum Gasteiger partial charge on any atom is -0.360 e. The maximum atomic E-state index is 5.88. The molecule has 0 aromatic carbocycles. The Hall–Kier alpha value is -0.0800. The van der Waals surface area contributed by atoms with Crippen LogP contribution in [0.4, 0.5) is 0 Å². The molecule has 2 heteroatoms. The first-order valence-corrected chi connectivity index (χ1v) is 5.11. The van der Waals surface area contributed by atoms with Gasteiger partial charge in [-0.3, -0.25) is 4.90 Å². The zero-order valence-corrected chi connectivity index (χ0v) is 8.29. The van der Waals surface area contributed by atoms with Crippen LogP contribution in [0.15, 0.2) is 0 Å². The number of hydrogen-bond donors (Lipinski definition) is 0. The minimum atomic E-state index is 0.344. The first-order chi connectivity index (χ1) is 5.68. The molecule has 0 spiro atoms. The summed E-state index contributed by atoms with van der Waals surface area (Å²) in [4.78, 5) is 2.52. The first kappa shape index (κ1) is 8.52. The molecule has 70 valence electrons. The molecule has 2 nitrogen and oxygen atoms in total. The van der Waals surface area contributed by atoms with Gasteiger partial charge in [0.15, 0.2) is 0 Å². The second-order valence-electron chi connectivity index (χ2n) is 4.37. The zero-order valence-electron chi connectivity index (χ0n) is 8.29. The molecule has 2 fully saturated rings. The van der Waals surface area contributed by atoms with E-state index in [4.69, 9.17) is 4.74 Å². The second kappa shape index (κ2) is 3.00. The van der Waals surface area contributed by atoms with Crippen molar-refractivity contribution in [2.24, 2.45) is 0 Å². The van der Waals surface area contributed by atoms with Gasteiger partial charge < -0.3 is 4.74 Å². The highest BCUT2D eigenvalue weighted by Gasteiger charge is 2.39. The van der Waals surface area contributed by atoms with Gasteiger partial charge in [0, 0.05) is 12.1 Å². The summed E-state index contributed by atoms with van der Waals surface area (Å²) in [6.07, 6.45) is 4.80. The number of rotatable bonds is 1. The molecule has 2 bridgehead atoms. The van der Waals surface area contributed by atoms with E-state index in [1.165, 1.54) is 19.3 Å².